The highest BCUT2D eigenvalue weighted by molar-refractivity contribution is 6.42. The Morgan fingerprint density at radius 1 is 1.08 bits per heavy atom. The number of nitriles is 1. The lowest BCUT2D eigenvalue weighted by Crippen LogP contribution is -2.13. The molecule has 0 aliphatic carbocycles. The minimum atomic E-state index is -0.555. The molecular formula is C18H14Cl2N2O3. The van der Waals surface area contributed by atoms with Crippen LogP contribution < -0.4 is 14.8 Å². The Kier molecular flexibility index (Phi) is 6.29. The largest absolute Gasteiger partial charge is 0.493 e. The average Bonchev–Trinajstić information content (AvgIpc) is 2.62. The molecule has 0 saturated heterocycles. The number of benzene rings is 2. The number of nitrogens with one attached hydrogen (secondary N) is 1. The quantitative estimate of drug-likeness (QED) is 0.613. The number of nitrogens with zero attached hydrogens (tertiary/aromatic N) is 1. The van der Waals surface area contributed by atoms with E-state index in [4.69, 9.17) is 32.7 Å². The molecule has 0 aliphatic rings. The van der Waals surface area contributed by atoms with Crippen LogP contribution in [0.5, 0.6) is 11.5 Å². The Hall–Kier alpha value is -2.68. The van der Waals surface area contributed by atoms with Gasteiger partial charge in [-0.25, -0.2) is 0 Å². The first-order valence-electron chi connectivity index (χ1n) is 7.08. The Labute approximate surface area is 155 Å². The van der Waals surface area contributed by atoms with Gasteiger partial charge >= 0.3 is 0 Å². The molecule has 1 amide bonds. The van der Waals surface area contributed by atoms with Crippen LogP contribution in [0.15, 0.2) is 42.0 Å². The van der Waals surface area contributed by atoms with Gasteiger partial charge in [-0.2, -0.15) is 5.26 Å². The van der Waals surface area contributed by atoms with Crippen LogP contribution in [0.25, 0.3) is 6.08 Å². The van der Waals surface area contributed by atoms with E-state index in [1.165, 1.54) is 20.3 Å². The van der Waals surface area contributed by atoms with Gasteiger partial charge in [-0.15, -0.1) is 0 Å². The number of methoxy groups -OCH3 is 2. The summed E-state index contributed by atoms with van der Waals surface area (Å²) in [5.74, 6) is 0.445. The van der Waals surface area contributed by atoms with Gasteiger partial charge in [0.05, 0.1) is 24.3 Å². The summed E-state index contributed by atoms with van der Waals surface area (Å²) >= 11 is 11.8. The van der Waals surface area contributed by atoms with Crippen LogP contribution in [0, 0.1) is 11.3 Å². The van der Waals surface area contributed by atoms with Crippen molar-refractivity contribution in [2.75, 3.05) is 19.5 Å². The van der Waals surface area contributed by atoms with Gasteiger partial charge in [0.25, 0.3) is 5.91 Å². The summed E-state index contributed by atoms with van der Waals surface area (Å²) in [7, 11) is 3.01. The molecule has 0 radical (unpaired) electrons. The second-order valence-electron chi connectivity index (χ2n) is 4.87. The molecule has 0 aromatic heterocycles. The normalized spacial score (nSPS) is 10.8. The average molecular weight is 377 g/mol. The molecular weight excluding hydrogens is 363 g/mol. The van der Waals surface area contributed by atoms with Crippen molar-refractivity contribution in [3.05, 3.63) is 57.6 Å². The van der Waals surface area contributed by atoms with E-state index >= 15 is 0 Å². The minimum absolute atomic E-state index is 0.0758. The molecule has 2 aromatic rings. The lowest BCUT2D eigenvalue weighted by Gasteiger charge is -2.10. The summed E-state index contributed by atoms with van der Waals surface area (Å²) in [4.78, 5) is 12.3. The molecule has 0 heterocycles. The SMILES string of the molecule is COc1ccc(NC(=O)/C(C#N)=C/c2ccc(Cl)c(Cl)c2)cc1OC. The highest BCUT2D eigenvalue weighted by Gasteiger charge is 2.12. The fourth-order valence-corrected chi connectivity index (χ4v) is 2.34. The van der Waals surface area contributed by atoms with Crippen molar-refractivity contribution >= 4 is 40.9 Å². The van der Waals surface area contributed by atoms with Crippen LogP contribution in [-0.4, -0.2) is 20.1 Å². The van der Waals surface area contributed by atoms with Crippen molar-refractivity contribution in [1.29, 1.82) is 5.26 Å². The summed E-state index contributed by atoms with van der Waals surface area (Å²) in [6, 6.07) is 11.6. The van der Waals surface area contributed by atoms with Crippen molar-refractivity contribution in [1.82, 2.24) is 0 Å². The van der Waals surface area contributed by atoms with E-state index in [-0.39, 0.29) is 5.57 Å². The van der Waals surface area contributed by atoms with Crippen molar-refractivity contribution in [2.45, 2.75) is 0 Å². The summed E-state index contributed by atoms with van der Waals surface area (Å²) in [6.07, 6.45) is 1.43. The predicted octanol–water partition coefficient (Wildman–Crippen LogP) is 4.56. The van der Waals surface area contributed by atoms with Crippen molar-refractivity contribution < 1.29 is 14.3 Å². The first-order valence-corrected chi connectivity index (χ1v) is 7.84. The third kappa shape index (κ3) is 4.66. The van der Waals surface area contributed by atoms with Gasteiger partial charge in [0.15, 0.2) is 11.5 Å². The highest BCUT2D eigenvalue weighted by Crippen LogP contribution is 2.30. The van der Waals surface area contributed by atoms with E-state index in [0.29, 0.717) is 32.8 Å². The van der Waals surface area contributed by atoms with Gasteiger partial charge in [-0.1, -0.05) is 29.3 Å². The van der Waals surface area contributed by atoms with Gasteiger partial charge in [0, 0.05) is 11.8 Å². The van der Waals surface area contributed by atoms with Gasteiger partial charge in [-0.05, 0) is 35.9 Å². The molecule has 25 heavy (non-hydrogen) atoms. The van der Waals surface area contributed by atoms with E-state index in [0.717, 1.165) is 0 Å². The number of carbonyl (C=O) groups excluding carboxylic acids is 1. The number of carbonyl (C=O) groups is 1. The Morgan fingerprint density at radius 3 is 2.40 bits per heavy atom. The monoisotopic (exact) mass is 376 g/mol. The minimum Gasteiger partial charge on any atom is -0.493 e. The molecule has 7 heteroatoms. The zero-order chi connectivity index (χ0) is 18.4. The number of ether oxygens (including phenoxy) is 2. The van der Waals surface area contributed by atoms with E-state index in [1.807, 2.05) is 6.07 Å². The lowest BCUT2D eigenvalue weighted by atomic mass is 10.1. The van der Waals surface area contributed by atoms with Crippen LogP contribution in [0.4, 0.5) is 5.69 Å². The van der Waals surface area contributed by atoms with Gasteiger partial charge in [0.1, 0.15) is 11.6 Å². The maximum Gasteiger partial charge on any atom is 0.266 e. The molecule has 5 nitrogen and oxygen atoms in total. The standard InChI is InChI=1S/C18H14Cl2N2O3/c1-24-16-6-4-13(9-17(16)25-2)22-18(23)12(10-21)7-11-3-5-14(19)15(20)8-11/h3-9H,1-2H3,(H,22,23)/b12-7+. The Balaban J connectivity index is 2.24. The van der Waals surface area contributed by atoms with Crippen LogP contribution in [0.1, 0.15) is 5.56 Å². The zero-order valence-corrected chi connectivity index (χ0v) is 15.0. The molecule has 0 fully saturated rings. The number of hydrogen-bond acceptors (Lipinski definition) is 4. The molecule has 0 saturated carbocycles. The third-order valence-electron chi connectivity index (χ3n) is 3.26. The molecule has 0 unspecified atom stereocenters. The molecule has 2 aromatic carbocycles. The topological polar surface area (TPSA) is 71.3 Å². The number of anilines is 1. The lowest BCUT2D eigenvalue weighted by molar-refractivity contribution is -0.112. The number of rotatable bonds is 5. The second kappa shape index (κ2) is 8.43. The van der Waals surface area contributed by atoms with Crippen molar-refractivity contribution in [3.8, 4) is 17.6 Å². The number of amides is 1. The summed E-state index contributed by atoms with van der Waals surface area (Å²) in [5, 5.41) is 12.6. The van der Waals surface area contributed by atoms with Gasteiger partial charge < -0.3 is 14.8 Å². The maximum absolute atomic E-state index is 12.3. The Bertz CT molecular complexity index is 873. The van der Waals surface area contributed by atoms with Crippen molar-refractivity contribution in [2.24, 2.45) is 0 Å². The summed E-state index contributed by atoms with van der Waals surface area (Å²) in [5.41, 5.74) is 0.986. The first kappa shape index (κ1) is 18.7. The highest BCUT2D eigenvalue weighted by atomic mass is 35.5. The smallest absolute Gasteiger partial charge is 0.266 e. The van der Waals surface area contributed by atoms with Crippen LogP contribution >= 0.6 is 23.2 Å². The zero-order valence-electron chi connectivity index (χ0n) is 13.5. The fraction of sp³-hybridized carbons (Fsp3) is 0.111. The van der Waals surface area contributed by atoms with E-state index < -0.39 is 5.91 Å². The van der Waals surface area contributed by atoms with Crippen LogP contribution in [0.3, 0.4) is 0 Å². The maximum atomic E-state index is 12.3. The van der Waals surface area contributed by atoms with E-state index in [9.17, 15) is 10.1 Å². The Morgan fingerprint density at radius 2 is 1.80 bits per heavy atom. The van der Waals surface area contributed by atoms with E-state index in [2.05, 4.69) is 5.32 Å². The van der Waals surface area contributed by atoms with Crippen LogP contribution in [-0.2, 0) is 4.79 Å². The molecule has 0 atom stereocenters. The van der Waals surface area contributed by atoms with Crippen molar-refractivity contribution in [3.63, 3.8) is 0 Å². The van der Waals surface area contributed by atoms with E-state index in [1.54, 1.807) is 36.4 Å². The van der Waals surface area contributed by atoms with Crippen LogP contribution in [0.2, 0.25) is 10.0 Å². The molecule has 0 spiro atoms. The molecule has 1 N–H and O–H groups in total. The number of halogens is 2. The molecule has 128 valence electrons. The van der Waals surface area contributed by atoms with Gasteiger partial charge in [0.2, 0.25) is 0 Å². The molecule has 0 bridgehead atoms. The van der Waals surface area contributed by atoms with Gasteiger partial charge in [-0.3, -0.25) is 4.79 Å². The second-order valence-corrected chi connectivity index (χ2v) is 5.68. The number of hydrogen-bond donors (Lipinski definition) is 1. The first-order chi connectivity index (χ1) is 12.0. The summed E-state index contributed by atoms with van der Waals surface area (Å²) < 4.78 is 10.3. The molecule has 2 rings (SSSR count). The predicted molar refractivity (Wildman–Crippen MR) is 98.2 cm³/mol. The third-order valence-corrected chi connectivity index (χ3v) is 4.00. The summed E-state index contributed by atoms with van der Waals surface area (Å²) in [6.45, 7) is 0. The molecule has 0 aliphatic heterocycles. The fourth-order valence-electron chi connectivity index (χ4n) is 2.03.